The van der Waals surface area contributed by atoms with E-state index in [-0.39, 0.29) is 24.0 Å². The molecule has 1 fully saturated rings. The van der Waals surface area contributed by atoms with Gasteiger partial charge in [-0.15, -0.1) is 0 Å². The maximum Gasteiger partial charge on any atom is 0.407 e. The van der Waals surface area contributed by atoms with Gasteiger partial charge in [-0.05, 0) is 39.7 Å². The summed E-state index contributed by atoms with van der Waals surface area (Å²) in [5.41, 5.74) is 5.90. The molecule has 1 aliphatic carbocycles. The first-order valence-corrected chi connectivity index (χ1v) is 6.90. The smallest absolute Gasteiger partial charge is 0.407 e. The standard InChI is InChI=1S/C13H19ClN4O2/c1-13(2,3)20-12(19)16-8-4-7(5-8)9-6-10(14)18-11(15)17-9/h6-8H,4-5H2,1-3H3,(H,16,19)(H2,15,17,18). The summed E-state index contributed by atoms with van der Waals surface area (Å²) in [6.45, 7) is 5.51. The van der Waals surface area contributed by atoms with E-state index in [0.29, 0.717) is 5.15 Å². The van der Waals surface area contributed by atoms with Crippen LogP contribution in [0.25, 0.3) is 0 Å². The Balaban J connectivity index is 1.84. The fraction of sp³-hybridized carbons (Fsp3) is 0.615. The van der Waals surface area contributed by atoms with E-state index in [0.717, 1.165) is 18.5 Å². The number of hydrogen-bond acceptors (Lipinski definition) is 5. The number of carbonyl (C=O) groups excluding carboxylic acids is 1. The van der Waals surface area contributed by atoms with E-state index >= 15 is 0 Å². The molecule has 0 spiro atoms. The lowest BCUT2D eigenvalue weighted by atomic mass is 9.78. The fourth-order valence-electron chi connectivity index (χ4n) is 2.11. The average Bonchev–Trinajstić information content (AvgIpc) is 2.18. The van der Waals surface area contributed by atoms with Gasteiger partial charge in [-0.25, -0.2) is 14.8 Å². The molecule has 1 aromatic rings. The number of anilines is 1. The van der Waals surface area contributed by atoms with Crippen LogP contribution in [0.15, 0.2) is 6.07 Å². The van der Waals surface area contributed by atoms with Crippen molar-refractivity contribution in [3.05, 3.63) is 16.9 Å². The van der Waals surface area contributed by atoms with E-state index < -0.39 is 5.60 Å². The zero-order chi connectivity index (χ0) is 14.9. The first-order valence-electron chi connectivity index (χ1n) is 6.52. The monoisotopic (exact) mass is 298 g/mol. The summed E-state index contributed by atoms with van der Waals surface area (Å²) in [7, 11) is 0. The summed E-state index contributed by atoms with van der Waals surface area (Å²) < 4.78 is 5.21. The number of rotatable bonds is 2. The number of nitrogens with one attached hydrogen (secondary N) is 1. The SMILES string of the molecule is CC(C)(C)OC(=O)NC1CC(c2cc(Cl)nc(N)n2)C1. The van der Waals surface area contributed by atoms with Gasteiger partial charge in [-0.2, -0.15) is 0 Å². The molecule has 3 N–H and O–H groups in total. The number of nitrogen functional groups attached to an aromatic ring is 1. The van der Waals surface area contributed by atoms with Crippen LogP contribution in [-0.2, 0) is 4.74 Å². The minimum Gasteiger partial charge on any atom is -0.444 e. The summed E-state index contributed by atoms with van der Waals surface area (Å²) in [6.07, 6.45) is 1.21. The molecular formula is C13H19ClN4O2. The quantitative estimate of drug-likeness (QED) is 0.819. The normalized spacial score (nSPS) is 22.0. The zero-order valence-electron chi connectivity index (χ0n) is 11.8. The van der Waals surface area contributed by atoms with Crippen molar-refractivity contribution in [3.63, 3.8) is 0 Å². The van der Waals surface area contributed by atoms with Crippen molar-refractivity contribution in [1.29, 1.82) is 0 Å². The van der Waals surface area contributed by atoms with E-state index in [1.54, 1.807) is 6.07 Å². The molecule has 0 radical (unpaired) electrons. The van der Waals surface area contributed by atoms with Gasteiger partial charge >= 0.3 is 6.09 Å². The topological polar surface area (TPSA) is 90.1 Å². The number of ether oxygens (including phenoxy) is 1. The summed E-state index contributed by atoms with van der Waals surface area (Å²) in [5, 5.41) is 3.18. The highest BCUT2D eigenvalue weighted by Crippen LogP contribution is 2.36. The number of nitrogens with zero attached hydrogens (tertiary/aromatic N) is 2. The van der Waals surface area contributed by atoms with Gasteiger partial charge in [0.15, 0.2) is 0 Å². The van der Waals surface area contributed by atoms with Crippen LogP contribution in [0.3, 0.4) is 0 Å². The molecule has 0 atom stereocenters. The Kier molecular flexibility index (Phi) is 4.04. The van der Waals surface area contributed by atoms with Crippen molar-refractivity contribution in [2.24, 2.45) is 0 Å². The predicted molar refractivity (Wildman–Crippen MR) is 76.6 cm³/mol. The molecule has 2 rings (SSSR count). The van der Waals surface area contributed by atoms with Crippen LogP contribution in [0, 0.1) is 0 Å². The second kappa shape index (κ2) is 5.44. The van der Waals surface area contributed by atoms with E-state index in [1.165, 1.54) is 0 Å². The van der Waals surface area contributed by atoms with Crippen molar-refractivity contribution < 1.29 is 9.53 Å². The van der Waals surface area contributed by atoms with Gasteiger partial charge in [0.2, 0.25) is 5.95 Å². The number of aromatic nitrogens is 2. The van der Waals surface area contributed by atoms with Gasteiger partial charge in [0.05, 0.1) is 5.69 Å². The Labute approximate surface area is 123 Å². The van der Waals surface area contributed by atoms with Crippen LogP contribution in [0.5, 0.6) is 0 Å². The third-order valence-corrected chi connectivity index (χ3v) is 3.20. The van der Waals surface area contributed by atoms with Crippen LogP contribution in [0.2, 0.25) is 5.15 Å². The third-order valence-electron chi connectivity index (χ3n) is 3.01. The molecule has 6 nitrogen and oxygen atoms in total. The van der Waals surface area contributed by atoms with Crippen molar-refractivity contribution >= 4 is 23.6 Å². The summed E-state index contributed by atoms with van der Waals surface area (Å²) in [6, 6.07) is 1.82. The zero-order valence-corrected chi connectivity index (χ0v) is 12.6. The van der Waals surface area contributed by atoms with Gasteiger partial charge < -0.3 is 15.8 Å². The second-order valence-electron chi connectivity index (χ2n) is 5.99. The maximum absolute atomic E-state index is 11.6. The Hall–Kier alpha value is -1.56. The Morgan fingerprint density at radius 1 is 1.45 bits per heavy atom. The first kappa shape index (κ1) is 14.8. The highest BCUT2D eigenvalue weighted by atomic mass is 35.5. The molecule has 0 aromatic carbocycles. The Morgan fingerprint density at radius 2 is 2.10 bits per heavy atom. The number of carbonyl (C=O) groups is 1. The molecule has 1 saturated carbocycles. The van der Waals surface area contributed by atoms with Crippen LogP contribution in [0.4, 0.5) is 10.7 Å². The molecule has 1 amide bonds. The molecular weight excluding hydrogens is 280 g/mol. The summed E-state index contributed by atoms with van der Waals surface area (Å²) in [5.74, 6) is 0.425. The molecule has 7 heteroatoms. The van der Waals surface area contributed by atoms with Gasteiger partial charge in [-0.1, -0.05) is 11.6 Å². The second-order valence-corrected chi connectivity index (χ2v) is 6.37. The largest absolute Gasteiger partial charge is 0.444 e. The average molecular weight is 299 g/mol. The lowest BCUT2D eigenvalue weighted by molar-refractivity contribution is 0.0470. The minimum absolute atomic E-state index is 0.102. The van der Waals surface area contributed by atoms with Crippen molar-refractivity contribution in [2.45, 2.75) is 51.2 Å². The van der Waals surface area contributed by atoms with Crippen molar-refractivity contribution in [3.8, 4) is 0 Å². The molecule has 0 unspecified atom stereocenters. The number of nitrogens with two attached hydrogens (primary N) is 1. The summed E-state index contributed by atoms with van der Waals surface area (Å²) in [4.78, 5) is 19.6. The van der Waals surface area contributed by atoms with Gasteiger partial charge in [0.1, 0.15) is 10.8 Å². The molecule has 1 heterocycles. The van der Waals surface area contributed by atoms with Gasteiger partial charge in [0.25, 0.3) is 0 Å². The number of amides is 1. The highest BCUT2D eigenvalue weighted by molar-refractivity contribution is 6.29. The number of hydrogen-bond donors (Lipinski definition) is 2. The lowest BCUT2D eigenvalue weighted by Crippen LogP contribution is -2.45. The molecule has 0 saturated heterocycles. The van der Waals surface area contributed by atoms with E-state index in [4.69, 9.17) is 22.1 Å². The lowest BCUT2D eigenvalue weighted by Gasteiger charge is -2.35. The van der Waals surface area contributed by atoms with Gasteiger partial charge in [-0.3, -0.25) is 0 Å². The third kappa shape index (κ3) is 3.96. The fourth-order valence-corrected chi connectivity index (χ4v) is 2.31. The van der Waals surface area contributed by atoms with Crippen molar-refractivity contribution in [2.75, 3.05) is 5.73 Å². The molecule has 1 aliphatic rings. The van der Waals surface area contributed by atoms with E-state index in [1.807, 2.05) is 20.8 Å². The molecule has 1 aromatic heterocycles. The maximum atomic E-state index is 11.6. The Bertz CT molecular complexity index is 489. The van der Waals surface area contributed by atoms with Gasteiger partial charge in [0, 0.05) is 12.0 Å². The minimum atomic E-state index is -0.484. The van der Waals surface area contributed by atoms with E-state index in [2.05, 4.69) is 15.3 Å². The molecule has 0 aliphatic heterocycles. The van der Waals surface area contributed by atoms with Crippen LogP contribution < -0.4 is 11.1 Å². The highest BCUT2D eigenvalue weighted by Gasteiger charge is 2.33. The summed E-state index contributed by atoms with van der Waals surface area (Å²) >= 11 is 5.85. The number of alkyl carbamates (subject to hydrolysis) is 1. The Morgan fingerprint density at radius 3 is 2.65 bits per heavy atom. The molecule has 0 bridgehead atoms. The van der Waals surface area contributed by atoms with Crippen molar-refractivity contribution in [1.82, 2.24) is 15.3 Å². The van der Waals surface area contributed by atoms with Crippen LogP contribution >= 0.6 is 11.6 Å². The number of halogens is 1. The van der Waals surface area contributed by atoms with Crippen LogP contribution in [0.1, 0.15) is 45.2 Å². The van der Waals surface area contributed by atoms with Crippen LogP contribution in [-0.4, -0.2) is 27.7 Å². The van der Waals surface area contributed by atoms with E-state index in [9.17, 15) is 4.79 Å². The molecule has 110 valence electrons. The predicted octanol–water partition coefficient (Wildman–Crippen LogP) is 2.48. The molecule has 20 heavy (non-hydrogen) atoms. The first-order chi connectivity index (χ1) is 9.23.